The van der Waals surface area contributed by atoms with Crippen LogP contribution in [0.15, 0.2) is 182 Å². The second-order valence-corrected chi connectivity index (χ2v) is 13.4. The zero-order chi connectivity index (χ0) is 33.6. The molecule has 0 aromatic heterocycles. The van der Waals surface area contributed by atoms with E-state index in [-0.39, 0.29) is 0 Å². The fourth-order valence-electron chi connectivity index (χ4n) is 7.75. The van der Waals surface area contributed by atoms with Crippen molar-refractivity contribution in [3.05, 3.63) is 193 Å². The molecular formula is C50H36. The summed E-state index contributed by atoms with van der Waals surface area (Å²) < 4.78 is 0. The molecule has 0 saturated heterocycles. The molecule has 0 atom stereocenters. The molecule has 10 rings (SSSR count). The molecule has 0 amide bonds. The van der Waals surface area contributed by atoms with Crippen molar-refractivity contribution in [3.63, 3.8) is 0 Å². The van der Waals surface area contributed by atoms with E-state index in [4.69, 9.17) is 0 Å². The Labute approximate surface area is 292 Å². The Kier molecular flexibility index (Phi) is 7.37. The largest absolute Gasteiger partial charge is 0.0616 e. The molecule has 0 spiro atoms. The number of fused-ring (bicyclic) bond motifs is 12. The van der Waals surface area contributed by atoms with Gasteiger partial charge in [-0.3, -0.25) is 0 Å². The van der Waals surface area contributed by atoms with Crippen LogP contribution in [-0.4, -0.2) is 0 Å². The highest BCUT2D eigenvalue weighted by Crippen LogP contribution is 2.38. The molecule has 0 fully saturated rings. The zero-order valence-corrected chi connectivity index (χ0v) is 28.3. The normalized spacial score (nSPS) is 11.4. The quantitative estimate of drug-likeness (QED) is 0.166. The molecule has 0 aliphatic rings. The van der Waals surface area contributed by atoms with Gasteiger partial charge in [0.1, 0.15) is 0 Å². The van der Waals surface area contributed by atoms with E-state index in [1.54, 1.807) is 0 Å². The monoisotopic (exact) mass is 636 g/mol. The number of benzene rings is 10. The van der Waals surface area contributed by atoms with E-state index in [1.165, 1.54) is 98.0 Å². The highest BCUT2D eigenvalue weighted by molar-refractivity contribution is 6.26. The van der Waals surface area contributed by atoms with E-state index in [0.29, 0.717) is 0 Å². The number of aryl methyl sites for hydroxylation is 2. The fraction of sp³-hybridized carbons (Fsp3) is 0.0400. The minimum atomic E-state index is 1.27. The Balaban J connectivity index is 0.000000135. The van der Waals surface area contributed by atoms with Crippen LogP contribution in [0.3, 0.4) is 0 Å². The average molecular weight is 637 g/mol. The van der Waals surface area contributed by atoms with Gasteiger partial charge in [-0.25, -0.2) is 0 Å². The van der Waals surface area contributed by atoms with Crippen molar-refractivity contribution in [1.82, 2.24) is 0 Å². The molecule has 10 aromatic rings. The molecule has 0 bridgehead atoms. The first-order valence-corrected chi connectivity index (χ1v) is 17.4. The first kappa shape index (κ1) is 29.9. The summed E-state index contributed by atoms with van der Waals surface area (Å²) in [5.74, 6) is 0. The fourth-order valence-corrected chi connectivity index (χ4v) is 7.75. The maximum Gasteiger partial charge on any atom is -0.00928 e. The Bertz CT molecular complexity index is 2800. The SMILES string of the molecule is Cc1ccc(-c2ccc3c4ccccc4c4ccccc4c3c2)cc1.Cc1cccc(-c2ccc3c4ccccc4c4ccccc4c3c2)c1. The molecule has 0 heterocycles. The first-order chi connectivity index (χ1) is 24.6. The Morgan fingerprint density at radius 1 is 0.200 bits per heavy atom. The van der Waals surface area contributed by atoms with Crippen LogP contribution in [0, 0.1) is 13.8 Å². The minimum absolute atomic E-state index is 1.27. The van der Waals surface area contributed by atoms with Crippen molar-refractivity contribution in [1.29, 1.82) is 0 Å². The maximum atomic E-state index is 2.35. The minimum Gasteiger partial charge on any atom is -0.0616 e. The molecule has 0 nitrogen and oxygen atoms in total. The molecule has 0 aliphatic carbocycles. The van der Waals surface area contributed by atoms with Crippen LogP contribution in [0.25, 0.3) is 86.9 Å². The third-order valence-electron chi connectivity index (χ3n) is 10.2. The van der Waals surface area contributed by atoms with Crippen LogP contribution in [0.1, 0.15) is 11.1 Å². The smallest absolute Gasteiger partial charge is 0.00928 e. The van der Waals surface area contributed by atoms with Gasteiger partial charge in [-0.05, 0) is 113 Å². The Hall–Kier alpha value is -6.24. The van der Waals surface area contributed by atoms with E-state index >= 15 is 0 Å². The lowest BCUT2D eigenvalue weighted by Gasteiger charge is -2.12. The van der Waals surface area contributed by atoms with E-state index in [1.807, 2.05) is 0 Å². The van der Waals surface area contributed by atoms with Crippen LogP contribution in [0.2, 0.25) is 0 Å². The molecule has 0 aliphatic heterocycles. The molecule has 0 unspecified atom stereocenters. The number of rotatable bonds is 2. The summed E-state index contributed by atoms with van der Waals surface area (Å²) in [6, 6.07) is 66.1. The summed E-state index contributed by atoms with van der Waals surface area (Å²) in [5.41, 5.74) is 7.68. The lowest BCUT2D eigenvalue weighted by atomic mass is 9.92. The van der Waals surface area contributed by atoms with Crippen molar-refractivity contribution < 1.29 is 0 Å². The van der Waals surface area contributed by atoms with E-state index < -0.39 is 0 Å². The molecular weight excluding hydrogens is 601 g/mol. The van der Waals surface area contributed by atoms with Gasteiger partial charge in [-0.1, -0.05) is 181 Å². The summed E-state index contributed by atoms with van der Waals surface area (Å²) in [7, 11) is 0. The van der Waals surface area contributed by atoms with Gasteiger partial charge >= 0.3 is 0 Å². The van der Waals surface area contributed by atoms with E-state index in [9.17, 15) is 0 Å². The van der Waals surface area contributed by atoms with Gasteiger partial charge in [-0.15, -0.1) is 0 Å². The van der Waals surface area contributed by atoms with Crippen LogP contribution in [0.4, 0.5) is 0 Å². The third kappa shape index (κ3) is 5.18. The molecule has 0 radical (unpaired) electrons. The van der Waals surface area contributed by atoms with E-state index in [2.05, 4.69) is 196 Å². The second kappa shape index (κ2) is 12.3. The van der Waals surface area contributed by atoms with Gasteiger partial charge in [0.05, 0.1) is 0 Å². The first-order valence-electron chi connectivity index (χ1n) is 17.4. The molecule has 0 heteroatoms. The van der Waals surface area contributed by atoms with Crippen LogP contribution in [0.5, 0.6) is 0 Å². The summed E-state index contributed by atoms with van der Waals surface area (Å²) in [5, 5.41) is 15.9. The zero-order valence-electron chi connectivity index (χ0n) is 28.3. The average Bonchev–Trinajstić information content (AvgIpc) is 3.18. The molecule has 0 N–H and O–H groups in total. The molecule has 0 saturated carbocycles. The standard InChI is InChI=1S/2C25H18/c1-17-7-6-8-18(15-17)19-13-14-24-22-11-3-2-9-20(22)21-10-4-5-12-23(21)25(24)16-19;1-17-10-12-18(13-11-17)19-14-15-24-22-8-3-2-6-20(22)21-7-4-5-9-23(21)25(24)16-19/h2*2-16H,1H3. The Morgan fingerprint density at radius 2 is 0.520 bits per heavy atom. The van der Waals surface area contributed by atoms with Crippen molar-refractivity contribution >= 4 is 64.6 Å². The lowest BCUT2D eigenvalue weighted by Crippen LogP contribution is -1.85. The van der Waals surface area contributed by atoms with Crippen LogP contribution < -0.4 is 0 Å². The van der Waals surface area contributed by atoms with Crippen molar-refractivity contribution in [3.8, 4) is 22.3 Å². The topological polar surface area (TPSA) is 0 Å². The van der Waals surface area contributed by atoms with Crippen LogP contribution in [-0.2, 0) is 0 Å². The van der Waals surface area contributed by atoms with E-state index in [0.717, 1.165) is 0 Å². The summed E-state index contributed by atoms with van der Waals surface area (Å²) in [4.78, 5) is 0. The third-order valence-corrected chi connectivity index (χ3v) is 10.2. The van der Waals surface area contributed by atoms with Crippen LogP contribution >= 0.6 is 0 Å². The van der Waals surface area contributed by atoms with Gasteiger partial charge in [0, 0.05) is 0 Å². The molecule has 236 valence electrons. The van der Waals surface area contributed by atoms with Gasteiger partial charge in [0.25, 0.3) is 0 Å². The maximum absolute atomic E-state index is 2.35. The number of hydrogen-bond donors (Lipinski definition) is 0. The lowest BCUT2D eigenvalue weighted by molar-refractivity contribution is 1.47. The van der Waals surface area contributed by atoms with Crippen molar-refractivity contribution in [2.45, 2.75) is 13.8 Å². The van der Waals surface area contributed by atoms with Crippen molar-refractivity contribution in [2.75, 3.05) is 0 Å². The summed E-state index contributed by atoms with van der Waals surface area (Å²) >= 11 is 0. The van der Waals surface area contributed by atoms with Crippen molar-refractivity contribution in [2.24, 2.45) is 0 Å². The highest BCUT2D eigenvalue weighted by atomic mass is 14.1. The summed E-state index contributed by atoms with van der Waals surface area (Å²) in [6.45, 7) is 4.28. The highest BCUT2D eigenvalue weighted by Gasteiger charge is 2.11. The Morgan fingerprint density at radius 3 is 0.920 bits per heavy atom. The van der Waals surface area contributed by atoms with Gasteiger partial charge in [-0.2, -0.15) is 0 Å². The summed E-state index contributed by atoms with van der Waals surface area (Å²) in [6.07, 6.45) is 0. The molecule has 50 heavy (non-hydrogen) atoms. The van der Waals surface area contributed by atoms with Gasteiger partial charge in [0.15, 0.2) is 0 Å². The second-order valence-electron chi connectivity index (χ2n) is 13.4. The van der Waals surface area contributed by atoms with Gasteiger partial charge < -0.3 is 0 Å². The predicted octanol–water partition coefficient (Wildman–Crippen LogP) is 14.2. The van der Waals surface area contributed by atoms with Gasteiger partial charge in [0.2, 0.25) is 0 Å². The number of hydrogen-bond acceptors (Lipinski definition) is 0. The molecule has 10 aromatic carbocycles. The predicted molar refractivity (Wildman–Crippen MR) is 218 cm³/mol.